The van der Waals surface area contributed by atoms with E-state index in [2.05, 4.69) is 43.2 Å². The maximum atomic E-state index is 12.6. The number of halogens is 1. The summed E-state index contributed by atoms with van der Waals surface area (Å²) in [7, 11) is 0. The van der Waals surface area contributed by atoms with Crippen molar-refractivity contribution in [2.45, 2.75) is 13.3 Å². The number of hydrogen-bond donors (Lipinski definition) is 2. The average Bonchev–Trinajstić information content (AvgIpc) is 2.80. The monoisotopic (exact) mass is 325 g/mol. The highest BCUT2D eigenvalue weighted by molar-refractivity contribution is 9.10. The Labute approximate surface area is 118 Å². The second-order valence-corrected chi connectivity index (χ2v) is 5.42. The number of aromatic nitrogens is 3. The fourth-order valence-electron chi connectivity index (χ4n) is 2.51. The van der Waals surface area contributed by atoms with Gasteiger partial charge < -0.3 is 15.2 Å². The summed E-state index contributed by atoms with van der Waals surface area (Å²) in [6.07, 6.45) is 0.799. The molecule has 1 aliphatic rings. The molecule has 0 atom stereocenters. The number of nitrogens with zero attached hydrogens (tertiary/aromatic N) is 3. The summed E-state index contributed by atoms with van der Waals surface area (Å²) in [6, 6.07) is 1.82. The van der Waals surface area contributed by atoms with Crippen LogP contribution in [0.15, 0.2) is 15.5 Å². The van der Waals surface area contributed by atoms with Crippen molar-refractivity contribution in [3.63, 3.8) is 0 Å². The number of anilines is 1. The highest BCUT2D eigenvalue weighted by Crippen LogP contribution is 2.18. The van der Waals surface area contributed by atoms with Gasteiger partial charge >= 0.3 is 0 Å². The average molecular weight is 326 g/mol. The Hall–Kier alpha value is -1.34. The van der Waals surface area contributed by atoms with Gasteiger partial charge in [0.25, 0.3) is 5.56 Å². The first-order valence-electron chi connectivity index (χ1n) is 6.47. The number of aromatic amines is 1. The predicted octanol–water partition coefficient (Wildman–Crippen LogP) is 0.757. The van der Waals surface area contributed by atoms with Gasteiger partial charge in [-0.05, 0) is 22.4 Å². The summed E-state index contributed by atoms with van der Waals surface area (Å²) in [6.45, 7) is 5.57. The van der Waals surface area contributed by atoms with Gasteiger partial charge in [0.15, 0.2) is 0 Å². The molecule has 0 spiro atoms. The number of rotatable bonds is 2. The van der Waals surface area contributed by atoms with E-state index >= 15 is 0 Å². The van der Waals surface area contributed by atoms with Gasteiger partial charge in [0.05, 0.1) is 0 Å². The van der Waals surface area contributed by atoms with Crippen LogP contribution in [0.3, 0.4) is 0 Å². The number of piperazine rings is 1. The van der Waals surface area contributed by atoms with Gasteiger partial charge in [-0.2, -0.15) is 9.61 Å². The van der Waals surface area contributed by atoms with E-state index in [4.69, 9.17) is 0 Å². The summed E-state index contributed by atoms with van der Waals surface area (Å²) >= 11 is 3.31. The third kappa shape index (κ3) is 2.17. The summed E-state index contributed by atoms with van der Waals surface area (Å²) in [5, 5.41) is 7.49. The number of hydrogen-bond acceptors (Lipinski definition) is 4. The van der Waals surface area contributed by atoms with Crippen LogP contribution >= 0.6 is 15.9 Å². The normalized spacial score (nSPS) is 16.2. The Bertz CT molecular complexity index is 656. The van der Waals surface area contributed by atoms with Crippen LogP contribution in [0, 0.1) is 0 Å². The van der Waals surface area contributed by atoms with Gasteiger partial charge in [-0.1, -0.05) is 6.92 Å². The van der Waals surface area contributed by atoms with Crippen molar-refractivity contribution in [2.75, 3.05) is 31.1 Å². The SMILES string of the molecule is CCc1[nH]c2cc(Br)nn2c(=O)c1N1CCNCC1. The minimum atomic E-state index is -0.0433. The molecule has 7 heteroatoms. The molecule has 1 fully saturated rings. The maximum Gasteiger partial charge on any atom is 0.298 e. The first-order valence-corrected chi connectivity index (χ1v) is 7.26. The van der Waals surface area contributed by atoms with Crippen LogP contribution in [-0.4, -0.2) is 40.8 Å². The Morgan fingerprint density at radius 2 is 2.16 bits per heavy atom. The van der Waals surface area contributed by atoms with Gasteiger partial charge in [-0.15, -0.1) is 0 Å². The largest absolute Gasteiger partial charge is 0.363 e. The lowest BCUT2D eigenvalue weighted by Gasteiger charge is -2.30. The molecule has 0 aromatic carbocycles. The maximum absolute atomic E-state index is 12.6. The third-order valence-electron chi connectivity index (χ3n) is 3.43. The molecule has 2 aromatic heterocycles. The quantitative estimate of drug-likeness (QED) is 0.855. The van der Waals surface area contributed by atoms with Gasteiger partial charge in [0, 0.05) is 37.9 Å². The van der Waals surface area contributed by atoms with Crippen molar-refractivity contribution in [3.05, 3.63) is 26.7 Å². The molecule has 6 nitrogen and oxygen atoms in total. The van der Waals surface area contributed by atoms with Crippen LogP contribution < -0.4 is 15.8 Å². The van der Waals surface area contributed by atoms with Gasteiger partial charge in [0.1, 0.15) is 15.9 Å². The van der Waals surface area contributed by atoms with Crippen molar-refractivity contribution < 1.29 is 0 Å². The smallest absolute Gasteiger partial charge is 0.298 e. The summed E-state index contributed by atoms with van der Waals surface area (Å²) in [5.74, 6) is 0. The molecule has 0 unspecified atom stereocenters. The van der Waals surface area contributed by atoms with Crippen molar-refractivity contribution in [2.24, 2.45) is 0 Å². The zero-order valence-electron chi connectivity index (χ0n) is 10.7. The Balaban J connectivity index is 2.20. The van der Waals surface area contributed by atoms with E-state index in [1.807, 2.05) is 6.07 Å². The minimum Gasteiger partial charge on any atom is -0.363 e. The first-order chi connectivity index (χ1) is 9.20. The molecule has 0 radical (unpaired) electrons. The first kappa shape index (κ1) is 12.7. The highest BCUT2D eigenvalue weighted by atomic mass is 79.9. The summed E-state index contributed by atoms with van der Waals surface area (Å²) in [5.41, 5.74) is 2.42. The lowest BCUT2D eigenvalue weighted by atomic mass is 10.2. The third-order valence-corrected chi connectivity index (χ3v) is 3.81. The van der Waals surface area contributed by atoms with E-state index in [9.17, 15) is 4.79 Å². The molecule has 3 heterocycles. The standard InChI is InChI=1S/C12H16BrN5O/c1-2-8-11(17-5-3-14-4-6-17)12(19)18-10(15-8)7-9(13)16-18/h7,14-15H,2-6H2,1H3. The second-order valence-electron chi connectivity index (χ2n) is 4.61. The summed E-state index contributed by atoms with van der Waals surface area (Å²) in [4.78, 5) is 18.1. The predicted molar refractivity (Wildman–Crippen MR) is 78.0 cm³/mol. The number of aryl methyl sites for hydroxylation is 1. The van der Waals surface area contributed by atoms with Crippen LogP contribution in [-0.2, 0) is 6.42 Å². The number of fused-ring (bicyclic) bond motifs is 1. The lowest BCUT2D eigenvalue weighted by Crippen LogP contribution is -2.46. The van der Waals surface area contributed by atoms with Crippen LogP contribution in [0.5, 0.6) is 0 Å². The number of nitrogens with one attached hydrogen (secondary N) is 2. The molecular weight excluding hydrogens is 310 g/mol. The van der Waals surface area contributed by atoms with Crippen LogP contribution in [0.25, 0.3) is 5.65 Å². The van der Waals surface area contributed by atoms with Crippen molar-refractivity contribution in [3.8, 4) is 0 Å². The molecule has 2 aromatic rings. The second kappa shape index (κ2) is 4.97. The Kier molecular flexibility index (Phi) is 3.32. The van der Waals surface area contributed by atoms with E-state index in [-0.39, 0.29) is 5.56 Å². The molecule has 0 saturated carbocycles. The Morgan fingerprint density at radius 1 is 1.42 bits per heavy atom. The molecule has 19 heavy (non-hydrogen) atoms. The van der Waals surface area contributed by atoms with Crippen molar-refractivity contribution >= 4 is 27.3 Å². The molecule has 0 bridgehead atoms. The topological polar surface area (TPSA) is 65.4 Å². The minimum absolute atomic E-state index is 0.0433. The number of H-pyrrole nitrogens is 1. The van der Waals surface area contributed by atoms with Crippen molar-refractivity contribution in [1.82, 2.24) is 19.9 Å². The molecule has 0 amide bonds. The van der Waals surface area contributed by atoms with E-state index in [0.717, 1.165) is 49.6 Å². The van der Waals surface area contributed by atoms with E-state index in [1.165, 1.54) is 4.52 Å². The molecule has 102 valence electrons. The lowest BCUT2D eigenvalue weighted by molar-refractivity contribution is 0.583. The van der Waals surface area contributed by atoms with Gasteiger partial charge in [-0.25, -0.2) is 0 Å². The van der Waals surface area contributed by atoms with Crippen molar-refractivity contribution in [1.29, 1.82) is 0 Å². The fraction of sp³-hybridized carbons (Fsp3) is 0.500. The molecule has 1 aliphatic heterocycles. The van der Waals surface area contributed by atoms with Gasteiger partial charge in [-0.3, -0.25) is 4.79 Å². The van der Waals surface area contributed by atoms with Crippen LogP contribution in [0.2, 0.25) is 0 Å². The molecule has 2 N–H and O–H groups in total. The molecular formula is C12H16BrN5O. The summed E-state index contributed by atoms with van der Waals surface area (Å²) < 4.78 is 2.10. The Morgan fingerprint density at radius 3 is 2.84 bits per heavy atom. The van der Waals surface area contributed by atoms with Gasteiger partial charge in [0.2, 0.25) is 0 Å². The zero-order chi connectivity index (χ0) is 13.4. The molecule has 0 aliphatic carbocycles. The van der Waals surface area contributed by atoms with Crippen LogP contribution in [0.4, 0.5) is 5.69 Å². The highest BCUT2D eigenvalue weighted by Gasteiger charge is 2.20. The van der Waals surface area contributed by atoms with Crippen LogP contribution in [0.1, 0.15) is 12.6 Å². The van der Waals surface area contributed by atoms with E-state index in [1.54, 1.807) is 0 Å². The van der Waals surface area contributed by atoms with E-state index in [0.29, 0.717) is 4.60 Å². The fourth-order valence-corrected chi connectivity index (χ4v) is 2.89. The molecule has 3 rings (SSSR count). The zero-order valence-corrected chi connectivity index (χ0v) is 12.3. The van der Waals surface area contributed by atoms with E-state index < -0.39 is 0 Å². The molecule has 1 saturated heterocycles.